The standard InChI is InChI=1S/C16H16N2OS/c1-11-3-6-14(18)8-16(11)20-10-12-4-5-13(9-17)15(7-12)19-2/h3-8H,10,18H2,1-2H3. The molecule has 0 spiro atoms. The Hall–Kier alpha value is -2.12. The van der Waals surface area contributed by atoms with Gasteiger partial charge >= 0.3 is 0 Å². The summed E-state index contributed by atoms with van der Waals surface area (Å²) in [6.45, 7) is 2.07. The molecule has 0 aromatic heterocycles. The van der Waals surface area contributed by atoms with Crippen molar-refractivity contribution >= 4 is 17.4 Å². The summed E-state index contributed by atoms with van der Waals surface area (Å²) in [5.41, 5.74) is 9.47. The molecular formula is C16H16N2OS. The first-order valence-electron chi connectivity index (χ1n) is 6.20. The van der Waals surface area contributed by atoms with Gasteiger partial charge in [-0.2, -0.15) is 5.26 Å². The number of benzene rings is 2. The number of nitrogens with zero attached hydrogens (tertiary/aromatic N) is 1. The van der Waals surface area contributed by atoms with E-state index in [2.05, 4.69) is 13.0 Å². The second kappa shape index (κ2) is 6.36. The fourth-order valence-electron chi connectivity index (χ4n) is 1.85. The van der Waals surface area contributed by atoms with Crippen molar-refractivity contribution in [2.75, 3.05) is 12.8 Å². The maximum Gasteiger partial charge on any atom is 0.136 e. The molecule has 0 saturated carbocycles. The van der Waals surface area contributed by atoms with Crippen molar-refractivity contribution in [2.45, 2.75) is 17.6 Å². The normalized spacial score (nSPS) is 10.1. The van der Waals surface area contributed by atoms with Crippen LogP contribution in [-0.2, 0) is 5.75 Å². The van der Waals surface area contributed by atoms with Gasteiger partial charge in [0.15, 0.2) is 0 Å². The molecule has 0 fully saturated rings. The Morgan fingerprint density at radius 3 is 2.75 bits per heavy atom. The van der Waals surface area contributed by atoms with Gasteiger partial charge in [0.1, 0.15) is 11.8 Å². The Morgan fingerprint density at radius 1 is 1.25 bits per heavy atom. The predicted octanol–water partition coefficient (Wildman–Crippen LogP) is 3.75. The number of thioether (sulfide) groups is 1. The van der Waals surface area contributed by atoms with Crippen molar-refractivity contribution in [1.29, 1.82) is 5.26 Å². The van der Waals surface area contributed by atoms with Gasteiger partial charge in [-0.1, -0.05) is 12.1 Å². The van der Waals surface area contributed by atoms with Gasteiger partial charge in [-0.15, -0.1) is 11.8 Å². The zero-order valence-electron chi connectivity index (χ0n) is 11.5. The van der Waals surface area contributed by atoms with Gasteiger partial charge in [0, 0.05) is 16.3 Å². The number of nitrogen functional groups attached to an aromatic ring is 1. The molecule has 20 heavy (non-hydrogen) atoms. The van der Waals surface area contributed by atoms with E-state index in [1.165, 1.54) is 10.5 Å². The van der Waals surface area contributed by atoms with Gasteiger partial charge in [-0.05, 0) is 42.3 Å². The van der Waals surface area contributed by atoms with Crippen molar-refractivity contribution in [2.24, 2.45) is 0 Å². The summed E-state index contributed by atoms with van der Waals surface area (Å²) in [5.74, 6) is 1.43. The van der Waals surface area contributed by atoms with Crippen molar-refractivity contribution in [1.82, 2.24) is 0 Å². The minimum Gasteiger partial charge on any atom is -0.495 e. The molecule has 0 unspecified atom stereocenters. The number of nitrogens with two attached hydrogens (primary N) is 1. The molecule has 0 saturated heterocycles. The third-order valence-electron chi connectivity index (χ3n) is 2.99. The van der Waals surface area contributed by atoms with Crippen LogP contribution in [0.2, 0.25) is 0 Å². The number of hydrogen-bond donors (Lipinski definition) is 1. The number of hydrogen-bond acceptors (Lipinski definition) is 4. The molecule has 0 aliphatic rings. The summed E-state index contributed by atoms with van der Waals surface area (Å²) in [5, 5.41) is 8.97. The summed E-state index contributed by atoms with van der Waals surface area (Å²) >= 11 is 1.73. The van der Waals surface area contributed by atoms with Crippen LogP contribution in [0.3, 0.4) is 0 Å². The van der Waals surface area contributed by atoms with Crippen molar-refractivity contribution in [3.63, 3.8) is 0 Å². The number of rotatable bonds is 4. The summed E-state index contributed by atoms with van der Waals surface area (Å²) in [7, 11) is 1.58. The first kappa shape index (κ1) is 14.3. The van der Waals surface area contributed by atoms with Gasteiger partial charge in [-0.25, -0.2) is 0 Å². The highest BCUT2D eigenvalue weighted by molar-refractivity contribution is 7.98. The van der Waals surface area contributed by atoms with Crippen molar-refractivity contribution in [3.8, 4) is 11.8 Å². The summed E-state index contributed by atoms with van der Waals surface area (Å²) < 4.78 is 5.22. The third kappa shape index (κ3) is 3.25. The van der Waals surface area contributed by atoms with Crippen LogP contribution in [0.15, 0.2) is 41.3 Å². The summed E-state index contributed by atoms with van der Waals surface area (Å²) in [6.07, 6.45) is 0. The van der Waals surface area contributed by atoms with Gasteiger partial charge in [0.2, 0.25) is 0 Å². The van der Waals surface area contributed by atoms with Crippen LogP contribution in [0.5, 0.6) is 5.75 Å². The monoisotopic (exact) mass is 284 g/mol. The van der Waals surface area contributed by atoms with E-state index in [1.807, 2.05) is 30.3 Å². The predicted molar refractivity (Wildman–Crippen MR) is 82.9 cm³/mol. The van der Waals surface area contributed by atoms with Crippen LogP contribution >= 0.6 is 11.8 Å². The maximum absolute atomic E-state index is 8.97. The SMILES string of the molecule is COc1cc(CSc2cc(N)ccc2C)ccc1C#N. The molecule has 0 radical (unpaired) electrons. The first-order chi connectivity index (χ1) is 9.63. The topological polar surface area (TPSA) is 59.0 Å². The second-order valence-electron chi connectivity index (χ2n) is 4.46. The molecule has 102 valence electrons. The van der Waals surface area contributed by atoms with Gasteiger partial charge in [0.05, 0.1) is 12.7 Å². The molecule has 4 heteroatoms. The van der Waals surface area contributed by atoms with Gasteiger partial charge in [-0.3, -0.25) is 0 Å². The quantitative estimate of drug-likeness (QED) is 0.686. The summed E-state index contributed by atoms with van der Waals surface area (Å²) in [4.78, 5) is 1.17. The maximum atomic E-state index is 8.97. The molecule has 0 aliphatic carbocycles. The van der Waals surface area contributed by atoms with Crippen LogP contribution in [0.25, 0.3) is 0 Å². The largest absolute Gasteiger partial charge is 0.495 e. The molecule has 0 heterocycles. The number of methoxy groups -OCH3 is 1. The van der Waals surface area contributed by atoms with Gasteiger partial charge in [0.25, 0.3) is 0 Å². The van der Waals surface area contributed by atoms with Gasteiger partial charge < -0.3 is 10.5 Å². The zero-order chi connectivity index (χ0) is 14.5. The van der Waals surface area contributed by atoms with Crippen LogP contribution in [-0.4, -0.2) is 7.11 Å². The lowest BCUT2D eigenvalue weighted by Gasteiger charge is -2.08. The highest BCUT2D eigenvalue weighted by Crippen LogP contribution is 2.29. The molecule has 2 aromatic rings. The Morgan fingerprint density at radius 2 is 2.05 bits per heavy atom. The first-order valence-corrected chi connectivity index (χ1v) is 7.18. The van der Waals surface area contributed by atoms with E-state index in [-0.39, 0.29) is 0 Å². The second-order valence-corrected chi connectivity index (χ2v) is 5.48. The zero-order valence-corrected chi connectivity index (χ0v) is 12.3. The lowest BCUT2D eigenvalue weighted by molar-refractivity contribution is 0.413. The number of nitriles is 1. The van der Waals surface area contributed by atoms with E-state index in [9.17, 15) is 0 Å². The molecular weight excluding hydrogens is 268 g/mol. The Kier molecular flexibility index (Phi) is 4.54. The van der Waals surface area contributed by atoms with Crippen LogP contribution < -0.4 is 10.5 Å². The van der Waals surface area contributed by atoms with E-state index in [0.717, 1.165) is 17.0 Å². The molecule has 0 atom stereocenters. The number of ether oxygens (including phenoxy) is 1. The minimum absolute atomic E-state index is 0.557. The smallest absolute Gasteiger partial charge is 0.136 e. The number of anilines is 1. The Bertz CT molecular complexity index is 662. The average Bonchev–Trinajstić information content (AvgIpc) is 2.47. The highest BCUT2D eigenvalue weighted by Gasteiger charge is 2.05. The molecule has 0 bridgehead atoms. The molecule has 2 N–H and O–H groups in total. The van der Waals surface area contributed by atoms with Crippen molar-refractivity contribution in [3.05, 3.63) is 53.1 Å². The summed E-state index contributed by atoms with van der Waals surface area (Å²) in [6, 6.07) is 13.7. The molecule has 2 rings (SSSR count). The highest BCUT2D eigenvalue weighted by atomic mass is 32.2. The molecule has 3 nitrogen and oxygen atoms in total. The lowest BCUT2D eigenvalue weighted by Crippen LogP contribution is -1.91. The number of aryl methyl sites for hydroxylation is 1. The third-order valence-corrected chi connectivity index (χ3v) is 4.22. The van der Waals surface area contributed by atoms with Crippen molar-refractivity contribution < 1.29 is 4.74 Å². The lowest BCUT2D eigenvalue weighted by atomic mass is 10.1. The van der Waals surface area contributed by atoms with E-state index < -0.39 is 0 Å². The van der Waals surface area contributed by atoms with E-state index >= 15 is 0 Å². The van der Waals surface area contributed by atoms with E-state index in [1.54, 1.807) is 24.9 Å². The minimum atomic E-state index is 0.557. The van der Waals surface area contributed by atoms with Crippen LogP contribution in [0.1, 0.15) is 16.7 Å². The molecule has 2 aromatic carbocycles. The van der Waals surface area contributed by atoms with E-state index in [4.69, 9.17) is 15.7 Å². The fraction of sp³-hybridized carbons (Fsp3) is 0.188. The molecule has 0 amide bonds. The Labute approximate surface area is 123 Å². The molecule has 0 aliphatic heterocycles. The average molecular weight is 284 g/mol. The fourth-order valence-corrected chi connectivity index (χ4v) is 2.87. The van der Waals surface area contributed by atoms with Crippen LogP contribution in [0.4, 0.5) is 5.69 Å². The Balaban J connectivity index is 2.15. The van der Waals surface area contributed by atoms with E-state index in [0.29, 0.717) is 11.3 Å². The van der Waals surface area contributed by atoms with Crippen LogP contribution in [0, 0.1) is 18.3 Å².